The lowest BCUT2D eigenvalue weighted by Crippen LogP contribution is -2.58. The maximum Gasteiger partial charge on any atom is 0.169 e. The van der Waals surface area contributed by atoms with Gasteiger partial charge in [0.05, 0.1) is 12.6 Å². The number of rotatable bonds is 5. The molecule has 1 spiro atoms. The van der Waals surface area contributed by atoms with E-state index in [1.165, 1.54) is 25.9 Å². The van der Waals surface area contributed by atoms with Gasteiger partial charge < -0.3 is 9.80 Å². The molecule has 0 radical (unpaired) electrons. The number of likely N-dealkylation sites (tertiary alicyclic amines) is 1. The van der Waals surface area contributed by atoms with Gasteiger partial charge in [-0.1, -0.05) is 12.1 Å². The number of ketones is 1. The summed E-state index contributed by atoms with van der Waals surface area (Å²) in [6.07, 6.45) is 10.1. The molecular weight excluding hydrogens is 436 g/mol. The third-order valence-electron chi connectivity index (χ3n) is 7.58. The highest BCUT2D eigenvalue weighted by Gasteiger charge is 2.43. The fourth-order valence-corrected chi connectivity index (χ4v) is 5.69. The van der Waals surface area contributed by atoms with Crippen LogP contribution in [0.2, 0.25) is 0 Å². The Hall–Kier alpha value is -3.58. The number of hydrogen-bond acceptors (Lipinski definition) is 6. The Labute approximate surface area is 205 Å². The number of fused-ring (bicyclic) bond motifs is 1. The number of aryl methyl sites for hydroxylation is 1. The Bertz CT molecular complexity index is 1390. The minimum absolute atomic E-state index is 0.0676. The fraction of sp³-hybridized carbons (Fsp3) is 0.357. The first-order valence-corrected chi connectivity index (χ1v) is 12.3. The quantitative estimate of drug-likeness (QED) is 0.415. The van der Waals surface area contributed by atoms with Crippen molar-refractivity contribution in [2.24, 2.45) is 12.5 Å². The molecule has 0 unspecified atom stereocenters. The predicted octanol–water partition coefficient (Wildman–Crippen LogP) is 3.99. The van der Waals surface area contributed by atoms with E-state index in [1.54, 1.807) is 10.9 Å². The molecule has 2 aliphatic rings. The Balaban J connectivity index is 1.17. The van der Waals surface area contributed by atoms with E-state index in [-0.39, 0.29) is 12.2 Å². The van der Waals surface area contributed by atoms with E-state index in [9.17, 15) is 4.79 Å². The largest absolute Gasteiger partial charge is 0.357 e. The van der Waals surface area contributed by atoms with Gasteiger partial charge in [-0.2, -0.15) is 5.10 Å². The van der Waals surface area contributed by atoms with E-state index in [2.05, 4.69) is 50.1 Å². The van der Waals surface area contributed by atoms with Crippen molar-refractivity contribution in [3.05, 3.63) is 72.4 Å². The van der Waals surface area contributed by atoms with Gasteiger partial charge in [-0.3, -0.25) is 14.5 Å². The first-order chi connectivity index (χ1) is 17.0. The van der Waals surface area contributed by atoms with Crippen LogP contribution < -0.4 is 4.90 Å². The molecule has 0 bridgehead atoms. The van der Waals surface area contributed by atoms with Crippen molar-refractivity contribution in [2.75, 3.05) is 38.1 Å². The van der Waals surface area contributed by atoms with Crippen molar-refractivity contribution in [1.29, 1.82) is 0 Å². The zero-order valence-corrected chi connectivity index (χ0v) is 20.3. The van der Waals surface area contributed by atoms with Gasteiger partial charge in [-0.15, -0.1) is 0 Å². The molecule has 2 fully saturated rings. The van der Waals surface area contributed by atoms with E-state index in [4.69, 9.17) is 0 Å². The second-order valence-corrected chi connectivity index (χ2v) is 10.3. The van der Waals surface area contributed by atoms with E-state index in [0.29, 0.717) is 11.0 Å². The van der Waals surface area contributed by atoms with Crippen LogP contribution in [0.15, 0.2) is 61.2 Å². The van der Waals surface area contributed by atoms with Crippen molar-refractivity contribution in [3.8, 4) is 11.1 Å². The first kappa shape index (κ1) is 21.9. The van der Waals surface area contributed by atoms with Gasteiger partial charge >= 0.3 is 0 Å². The Kier molecular flexibility index (Phi) is 5.37. The van der Waals surface area contributed by atoms with Crippen molar-refractivity contribution >= 4 is 22.4 Å². The average Bonchev–Trinajstić information content (AvgIpc) is 3.29. The van der Waals surface area contributed by atoms with Crippen LogP contribution in [0.5, 0.6) is 0 Å². The first-order valence-electron chi connectivity index (χ1n) is 12.3. The molecule has 2 saturated heterocycles. The summed E-state index contributed by atoms with van der Waals surface area (Å²) in [4.78, 5) is 27.0. The van der Waals surface area contributed by atoms with Crippen LogP contribution in [0.25, 0.3) is 21.9 Å². The Morgan fingerprint density at radius 3 is 2.51 bits per heavy atom. The van der Waals surface area contributed by atoms with Gasteiger partial charge in [-0.25, -0.2) is 4.98 Å². The van der Waals surface area contributed by atoms with Gasteiger partial charge in [0.25, 0.3) is 0 Å². The summed E-state index contributed by atoms with van der Waals surface area (Å²) < 4.78 is 1.80. The van der Waals surface area contributed by atoms with E-state index in [1.807, 2.05) is 43.8 Å². The number of benzene rings is 1. The monoisotopic (exact) mass is 466 g/mol. The zero-order valence-electron chi connectivity index (χ0n) is 20.3. The van der Waals surface area contributed by atoms with Crippen molar-refractivity contribution in [3.63, 3.8) is 0 Å². The maximum absolute atomic E-state index is 13.2. The van der Waals surface area contributed by atoms with E-state index >= 15 is 0 Å². The highest BCUT2D eigenvalue weighted by atomic mass is 16.1. The molecule has 35 heavy (non-hydrogen) atoms. The number of nitrogens with zero attached hydrogens (tertiary/aromatic N) is 6. The number of Topliss-reactive ketones (excluding diaryl/α,β-unsaturated/α-hetero) is 1. The number of anilines is 1. The molecule has 7 heteroatoms. The Morgan fingerprint density at radius 1 is 0.943 bits per heavy atom. The van der Waals surface area contributed by atoms with Crippen molar-refractivity contribution in [2.45, 2.75) is 19.3 Å². The summed E-state index contributed by atoms with van der Waals surface area (Å²) in [5, 5.41) is 6.40. The molecule has 0 saturated carbocycles. The molecule has 0 aliphatic carbocycles. The van der Waals surface area contributed by atoms with Crippen LogP contribution in [0.4, 0.5) is 5.82 Å². The molecule has 0 amide bonds. The van der Waals surface area contributed by atoms with Crippen LogP contribution >= 0.6 is 0 Å². The molecule has 2 aliphatic heterocycles. The van der Waals surface area contributed by atoms with Crippen molar-refractivity contribution < 1.29 is 4.79 Å². The zero-order chi connectivity index (χ0) is 24.0. The highest BCUT2D eigenvalue weighted by molar-refractivity contribution is 5.98. The molecular formula is C28H30N6O. The molecule has 7 nitrogen and oxygen atoms in total. The lowest BCUT2D eigenvalue weighted by molar-refractivity contribution is 0.00121. The van der Waals surface area contributed by atoms with Crippen molar-refractivity contribution in [1.82, 2.24) is 24.6 Å². The summed E-state index contributed by atoms with van der Waals surface area (Å²) >= 11 is 0. The van der Waals surface area contributed by atoms with E-state index in [0.717, 1.165) is 46.5 Å². The normalized spacial score (nSPS) is 17.6. The highest BCUT2D eigenvalue weighted by Crippen LogP contribution is 2.40. The number of carbonyl (C=O) groups is 1. The third kappa shape index (κ3) is 4.32. The van der Waals surface area contributed by atoms with Gasteiger partial charge in [0.2, 0.25) is 0 Å². The minimum atomic E-state index is 0.0676. The third-order valence-corrected chi connectivity index (χ3v) is 7.58. The van der Waals surface area contributed by atoms with Crippen LogP contribution in [0.3, 0.4) is 0 Å². The Morgan fingerprint density at radius 2 is 1.77 bits per heavy atom. The number of piperidine rings is 1. The van der Waals surface area contributed by atoms with Crippen LogP contribution in [0, 0.1) is 5.41 Å². The molecule has 5 heterocycles. The number of pyridine rings is 2. The molecule has 6 rings (SSSR count). The summed E-state index contributed by atoms with van der Waals surface area (Å²) in [7, 11) is 4.11. The second-order valence-electron chi connectivity index (χ2n) is 10.3. The summed E-state index contributed by atoms with van der Waals surface area (Å²) in [5.41, 5.74) is 4.14. The average molecular weight is 467 g/mol. The van der Waals surface area contributed by atoms with Crippen LogP contribution in [-0.2, 0) is 13.5 Å². The smallest absolute Gasteiger partial charge is 0.169 e. The molecule has 0 atom stereocenters. The summed E-state index contributed by atoms with van der Waals surface area (Å²) in [6, 6.07) is 12.1. The maximum atomic E-state index is 13.2. The summed E-state index contributed by atoms with van der Waals surface area (Å²) in [5.74, 6) is 0.976. The minimum Gasteiger partial charge on any atom is -0.357 e. The SMILES string of the molecule is CN1CC2(CCN(c3cc(C(=O)Cc4cc5cc(-c6cnn(C)c6)ccc5cn4)ccn3)CC2)C1. The molecule has 0 N–H and O–H groups in total. The molecule has 1 aromatic carbocycles. The van der Waals surface area contributed by atoms with Gasteiger partial charge in [0.15, 0.2) is 5.78 Å². The number of hydrogen-bond donors (Lipinski definition) is 0. The topological polar surface area (TPSA) is 67.2 Å². The lowest BCUT2D eigenvalue weighted by Gasteiger charge is -2.53. The van der Waals surface area contributed by atoms with E-state index < -0.39 is 0 Å². The molecule has 3 aromatic heterocycles. The van der Waals surface area contributed by atoms with Crippen LogP contribution in [0.1, 0.15) is 28.9 Å². The molecule has 178 valence electrons. The summed E-state index contributed by atoms with van der Waals surface area (Å²) in [6.45, 7) is 4.42. The number of aromatic nitrogens is 4. The van der Waals surface area contributed by atoms with Crippen LogP contribution in [-0.4, -0.2) is 63.7 Å². The van der Waals surface area contributed by atoms with Gasteiger partial charge in [0, 0.05) is 74.0 Å². The number of carbonyl (C=O) groups excluding carboxylic acids is 1. The van der Waals surface area contributed by atoms with Gasteiger partial charge in [-0.05, 0) is 60.5 Å². The van der Waals surface area contributed by atoms with Gasteiger partial charge in [0.1, 0.15) is 5.82 Å². The molecule has 4 aromatic rings. The predicted molar refractivity (Wildman–Crippen MR) is 138 cm³/mol. The standard InChI is InChI=1S/C28H30N6O/c1-32-18-28(19-32)6-9-34(10-7-28)27-13-21(5-8-29-27)26(35)14-25-12-23-11-20(3-4-22(23)15-30-25)24-16-31-33(2)17-24/h3-5,8,11-13,15-17H,6-7,9-10,14,18-19H2,1-2H3. The second kappa shape index (κ2) is 8.57. The lowest BCUT2D eigenvalue weighted by atomic mass is 9.72. The fourth-order valence-electron chi connectivity index (χ4n) is 5.69.